The Bertz CT molecular complexity index is 1390. The Morgan fingerprint density at radius 1 is 0.923 bits per heavy atom. The minimum Gasteiger partial charge on any atom is -0.350 e. The molecule has 3 rings (SSSR count). The number of rotatable bonds is 10. The summed E-state index contributed by atoms with van der Waals surface area (Å²) in [5.74, 6) is -0.781. The van der Waals surface area contributed by atoms with Crippen LogP contribution < -0.4 is 9.62 Å². The van der Waals surface area contributed by atoms with Gasteiger partial charge in [-0.3, -0.25) is 13.9 Å². The molecule has 0 fully saturated rings. The first-order valence-electron chi connectivity index (χ1n) is 12.7. The largest absolute Gasteiger partial charge is 0.350 e. The van der Waals surface area contributed by atoms with E-state index in [1.807, 2.05) is 82.3 Å². The molecular weight excluding hydrogens is 578 g/mol. The number of nitrogens with zero attached hydrogens (tertiary/aromatic N) is 2. The van der Waals surface area contributed by atoms with Crippen molar-refractivity contribution < 1.29 is 18.0 Å². The van der Waals surface area contributed by atoms with E-state index in [0.717, 1.165) is 31.7 Å². The normalized spacial score (nSPS) is 12.5. The van der Waals surface area contributed by atoms with E-state index >= 15 is 0 Å². The third kappa shape index (κ3) is 9.21. The van der Waals surface area contributed by atoms with Crippen LogP contribution in [0.2, 0.25) is 0 Å². The van der Waals surface area contributed by atoms with Crippen LogP contribution >= 0.6 is 15.9 Å². The molecule has 9 heteroatoms. The average Bonchev–Trinajstić information content (AvgIpc) is 2.84. The zero-order chi connectivity index (χ0) is 28.8. The second-order valence-corrected chi connectivity index (χ2v) is 13.5. The van der Waals surface area contributed by atoms with Crippen LogP contribution in [0.25, 0.3) is 0 Å². The van der Waals surface area contributed by atoms with E-state index in [0.29, 0.717) is 5.69 Å². The Morgan fingerprint density at radius 2 is 1.54 bits per heavy atom. The predicted molar refractivity (Wildman–Crippen MR) is 160 cm³/mol. The average molecular weight is 615 g/mol. The number of hydrogen-bond donors (Lipinski definition) is 1. The zero-order valence-electron chi connectivity index (χ0n) is 23.0. The van der Waals surface area contributed by atoms with Crippen LogP contribution in [0.5, 0.6) is 0 Å². The Kier molecular flexibility index (Phi) is 9.96. The number of amides is 2. The minimum absolute atomic E-state index is 0.146. The third-order valence-electron chi connectivity index (χ3n) is 6.00. The summed E-state index contributed by atoms with van der Waals surface area (Å²) in [5.41, 5.74) is 2.59. The van der Waals surface area contributed by atoms with Gasteiger partial charge in [0.25, 0.3) is 0 Å². The molecule has 3 aromatic carbocycles. The highest BCUT2D eigenvalue weighted by atomic mass is 79.9. The maximum atomic E-state index is 14.1. The molecule has 0 saturated heterocycles. The van der Waals surface area contributed by atoms with Gasteiger partial charge in [-0.05, 0) is 63.1 Å². The number of aryl methyl sites for hydroxylation is 1. The second kappa shape index (κ2) is 12.8. The van der Waals surface area contributed by atoms with Crippen molar-refractivity contribution in [2.75, 3.05) is 17.1 Å². The Morgan fingerprint density at radius 3 is 2.10 bits per heavy atom. The number of benzene rings is 3. The van der Waals surface area contributed by atoms with Gasteiger partial charge in [-0.25, -0.2) is 8.42 Å². The summed E-state index contributed by atoms with van der Waals surface area (Å²) in [6.07, 6.45) is 1.35. The maximum Gasteiger partial charge on any atom is 0.244 e. The molecule has 0 aliphatic heterocycles. The van der Waals surface area contributed by atoms with Crippen molar-refractivity contribution in [3.8, 4) is 0 Å². The molecule has 0 spiro atoms. The van der Waals surface area contributed by atoms with Gasteiger partial charge in [-0.15, -0.1) is 0 Å². The number of nitrogens with one attached hydrogen (secondary N) is 1. The number of halogens is 1. The van der Waals surface area contributed by atoms with Crippen LogP contribution in [0.1, 0.15) is 37.5 Å². The molecular formula is C30H36BrN3O4S. The SMILES string of the molecule is Cc1cccc(CN(C(=O)CN(c2ccc(Br)cc2)S(C)(=O)=O)C(Cc2ccccc2)C(=O)NC(C)(C)C)c1. The fraction of sp³-hybridized carbons (Fsp3) is 0.333. The molecule has 0 saturated carbocycles. The van der Waals surface area contributed by atoms with Crippen LogP contribution in [-0.4, -0.2) is 49.5 Å². The van der Waals surface area contributed by atoms with Gasteiger partial charge in [0, 0.05) is 23.0 Å². The number of hydrogen-bond acceptors (Lipinski definition) is 4. The second-order valence-electron chi connectivity index (χ2n) is 10.7. The molecule has 0 radical (unpaired) electrons. The lowest BCUT2D eigenvalue weighted by atomic mass is 10.0. The third-order valence-corrected chi connectivity index (χ3v) is 7.67. The van der Waals surface area contributed by atoms with Crippen LogP contribution in [0.4, 0.5) is 5.69 Å². The van der Waals surface area contributed by atoms with Gasteiger partial charge in [0.2, 0.25) is 21.8 Å². The van der Waals surface area contributed by atoms with Crippen LogP contribution in [0.15, 0.2) is 83.3 Å². The number of sulfonamides is 1. The van der Waals surface area contributed by atoms with Gasteiger partial charge in [0.1, 0.15) is 12.6 Å². The lowest BCUT2D eigenvalue weighted by molar-refractivity contribution is -0.140. The number of carbonyl (C=O) groups excluding carboxylic acids is 2. The summed E-state index contributed by atoms with van der Waals surface area (Å²) in [4.78, 5) is 29.3. The van der Waals surface area contributed by atoms with E-state index in [1.165, 1.54) is 4.90 Å². The molecule has 0 aromatic heterocycles. The summed E-state index contributed by atoms with van der Waals surface area (Å²) in [5, 5.41) is 3.02. The first-order valence-corrected chi connectivity index (χ1v) is 15.3. The molecule has 2 amide bonds. The first kappa shape index (κ1) is 30.4. The fourth-order valence-electron chi connectivity index (χ4n) is 4.24. The quantitative estimate of drug-likeness (QED) is 0.345. The summed E-state index contributed by atoms with van der Waals surface area (Å²) < 4.78 is 27.5. The highest BCUT2D eigenvalue weighted by molar-refractivity contribution is 9.10. The maximum absolute atomic E-state index is 14.1. The Hall–Kier alpha value is -3.17. The molecule has 1 unspecified atom stereocenters. The molecule has 0 aliphatic carbocycles. The van der Waals surface area contributed by atoms with Crippen molar-refractivity contribution in [3.05, 3.63) is 100 Å². The van der Waals surface area contributed by atoms with Crippen molar-refractivity contribution in [1.82, 2.24) is 10.2 Å². The molecule has 3 aromatic rings. The summed E-state index contributed by atoms with van der Waals surface area (Å²) in [6.45, 7) is 7.32. The summed E-state index contributed by atoms with van der Waals surface area (Å²) in [6, 6.07) is 23.1. The van der Waals surface area contributed by atoms with E-state index in [1.54, 1.807) is 24.3 Å². The van der Waals surface area contributed by atoms with Gasteiger partial charge >= 0.3 is 0 Å². The highest BCUT2D eigenvalue weighted by Gasteiger charge is 2.34. The monoisotopic (exact) mass is 613 g/mol. The first-order chi connectivity index (χ1) is 18.2. The fourth-order valence-corrected chi connectivity index (χ4v) is 5.35. The smallest absolute Gasteiger partial charge is 0.244 e. The summed E-state index contributed by atoms with van der Waals surface area (Å²) in [7, 11) is -3.80. The van der Waals surface area contributed by atoms with E-state index in [9.17, 15) is 18.0 Å². The van der Waals surface area contributed by atoms with Crippen molar-refractivity contribution in [2.45, 2.75) is 52.2 Å². The molecule has 39 heavy (non-hydrogen) atoms. The van der Waals surface area contributed by atoms with Gasteiger partial charge in [0.15, 0.2) is 0 Å². The Balaban J connectivity index is 2.07. The van der Waals surface area contributed by atoms with Crippen LogP contribution in [0.3, 0.4) is 0 Å². The van der Waals surface area contributed by atoms with E-state index in [4.69, 9.17) is 0 Å². The minimum atomic E-state index is -3.80. The molecule has 7 nitrogen and oxygen atoms in total. The van der Waals surface area contributed by atoms with E-state index in [-0.39, 0.29) is 18.9 Å². The van der Waals surface area contributed by atoms with Crippen molar-refractivity contribution in [3.63, 3.8) is 0 Å². The van der Waals surface area contributed by atoms with Gasteiger partial charge in [-0.2, -0.15) is 0 Å². The molecule has 0 heterocycles. The predicted octanol–water partition coefficient (Wildman–Crippen LogP) is 5.08. The standard InChI is InChI=1S/C30H36BrN3O4S/c1-22-10-9-13-24(18-22)20-33(27(29(36)32-30(2,3)4)19-23-11-7-6-8-12-23)28(35)21-34(39(5,37)38)26-16-14-25(31)15-17-26/h6-18,27H,19-21H2,1-5H3,(H,32,36). The van der Waals surface area contributed by atoms with Gasteiger partial charge in [-0.1, -0.05) is 76.1 Å². The van der Waals surface area contributed by atoms with Crippen molar-refractivity contribution >= 4 is 43.5 Å². The van der Waals surface area contributed by atoms with E-state index in [2.05, 4.69) is 21.2 Å². The molecule has 0 aliphatic rings. The molecule has 208 valence electrons. The van der Waals surface area contributed by atoms with E-state index < -0.39 is 34.1 Å². The van der Waals surface area contributed by atoms with Crippen LogP contribution in [0, 0.1) is 6.92 Å². The summed E-state index contributed by atoms with van der Waals surface area (Å²) >= 11 is 3.36. The topological polar surface area (TPSA) is 86.8 Å². The molecule has 1 N–H and O–H groups in total. The highest BCUT2D eigenvalue weighted by Crippen LogP contribution is 2.23. The number of carbonyl (C=O) groups is 2. The van der Waals surface area contributed by atoms with Crippen molar-refractivity contribution in [1.29, 1.82) is 0 Å². The van der Waals surface area contributed by atoms with Gasteiger partial charge in [0.05, 0.1) is 11.9 Å². The van der Waals surface area contributed by atoms with Crippen molar-refractivity contribution in [2.24, 2.45) is 0 Å². The molecule has 0 bridgehead atoms. The lowest BCUT2D eigenvalue weighted by Gasteiger charge is -2.35. The molecule has 1 atom stereocenters. The number of anilines is 1. The van der Waals surface area contributed by atoms with Crippen LogP contribution in [-0.2, 0) is 32.6 Å². The zero-order valence-corrected chi connectivity index (χ0v) is 25.4. The lowest BCUT2D eigenvalue weighted by Crippen LogP contribution is -2.56. The van der Waals surface area contributed by atoms with Gasteiger partial charge < -0.3 is 10.2 Å². The Labute approximate surface area is 240 Å².